The van der Waals surface area contributed by atoms with Crippen LogP contribution in [-0.2, 0) is 14.3 Å². The first-order valence-corrected chi connectivity index (χ1v) is 4.61. The molecule has 0 saturated heterocycles. The minimum absolute atomic E-state index is 0.138. The summed E-state index contributed by atoms with van der Waals surface area (Å²) in [5, 5.41) is 15.8. The van der Waals surface area contributed by atoms with Gasteiger partial charge < -0.3 is 9.84 Å². The molecule has 0 rings (SSSR count). The van der Waals surface area contributed by atoms with Gasteiger partial charge in [0.1, 0.15) is 11.6 Å². The van der Waals surface area contributed by atoms with Crippen LogP contribution in [0.5, 0.6) is 0 Å². The standard InChI is InChI=1S/C8H11NO2.C3H4O2/c1-3-4-5-11-8(10)7(2)6-9;1-2-3(4)5/h2-5H2,1H3;2H,1H2,(H,4,5). The summed E-state index contributed by atoms with van der Waals surface area (Å²) in [7, 11) is 0. The molecule has 0 saturated carbocycles. The second-order valence-corrected chi connectivity index (χ2v) is 2.62. The highest BCUT2D eigenvalue weighted by Gasteiger charge is 2.05. The molecular weight excluding hydrogens is 210 g/mol. The number of nitriles is 1. The third-order valence-corrected chi connectivity index (χ3v) is 1.29. The molecule has 16 heavy (non-hydrogen) atoms. The van der Waals surface area contributed by atoms with Crippen LogP contribution in [0.15, 0.2) is 24.8 Å². The second kappa shape index (κ2) is 11.0. The number of hydrogen-bond acceptors (Lipinski definition) is 4. The quantitative estimate of drug-likeness (QED) is 0.333. The Morgan fingerprint density at radius 1 is 1.56 bits per heavy atom. The Morgan fingerprint density at radius 2 is 2.06 bits per heavy atom. The number of unbranched alkanes of at least 4 members (excludes halogenated alkanes) is 1. The van der Waals surface area contributed by atoms with Gasteiger partial charge in [0.2, 0.25) is 0 Å². The number of carbonyl (C=O) groups excluding carboxylic acids is 1. The Bertz CT molecular complexity index is 302. The Hall–Kier alpha value is -2.09. The average Bonchev–Trinajstić information content (AvgIpc) is 2.28. The molecule has 88 valence electrons. The number of rotatable bonds is 5. The summed E-state index contributed by atoms with van der Waals surface area (Å²) in [6, 6.07) is 1.62. The van der Waals surface area contributed by atoms with Crippen molar-refractivity contribution >= 4 is 11.9 Å². The minimum Gasteiger partial charge on any atom is -0.478 e. The zero-order valence-corrected chi connectivity index (χ0v) is 9.23. The number of carboxylic acid groups (broad SMARTS) is 1. The van der Waals surface area contributed by atoms with Crippen LogP contribution >= 0.6 is 0 Å². The van der Waals surface area contributed by atoms with Gasteiger partial charge in [-0.2, -0.15) is 5.26 Å². The van der Waals surface area contributed by atoms with Crippen LogP contribution in [0.2, 0.25) is 0 Å². The number of nitrogens with zero attached hydrogens (tertiary/aromatic N) is 1. The van der Waals surface area contributed by atoms with E-state index in [1.807, 2.05) is 6.92 Å². The summed E-state index contributed by atoms with van der Waals surface area (Å²) in [5.41, 5.74) is -0.138. The van der Waals surface area contributed by atoms with E-state index in [1.165, 1.54) is 0 Å². The summed E-state index contributed by atoms with van der Waals surface area (Å²) in [5.74, 6) is -1.59. The molecule has 0 aromatic heterocycles. The SMILES string of the molecule is C=C(C#N)C(=O)OCCCC.C=CC(=O)O. The third kappa shape index (κ3) is 11.9. The van der Waals surface area contributed by atoms with Gasteiger partial charge >= 0.3 is 11.9 Å². The first kappa shape index (κ1) is 16.3. The highest BCUT2D eigenvalue weighted by atomic mass is 16.5. The van der Waals surface area contributed by atoms with Crippen LogP contribution in [0, 0.1) is 11.3 Å². The van der Waals surface area contributed by atoms with Crippen LogP contribution < -0.4 is 0 Å². The highest BCUT2D eigenvalue weighted by molar-refractivity contribution is 5.91. The fourth-order valence-electron chi connectivity index (χ4n) is 0.442. The lowest BCUT2D eigenvalue weighted by Gasteiger charge is -1.99. The number of aliphatic carboxylic acids is 1. The molecule has 0 fully saturated rings. The van der Waals surface area contributed by atoms with Crippen molar-refractivity contribution in [1.82, 2.24) is 0 Å². The summed E-state index contributed by atoms with van der Waals surface area (Å²) >= 11 is 0. The van der Waals surface area contributed by atoms with Gasteiger partial charge in [-0.15, -0.1) is 0 Å². The van der Waals surface area contributed by atoms with E-state index >= 15 is 0 Å². The number of esters is 1. The molecule has 0 aliphatic rings. The number of carboxylic acids is 1. The molecule has 5 heteroatoms. The molecule has 0 aromatic rings. The first-order valence-electron chi connectivity index (χ1n) is 4.61. The fourth-order valence-corrected chi connectivity index (χ4v) is 0.442. The lowest BCUT2D eigenvalue weighted by Crippen LogP contribution is -2.06. The van der Waals surface area contributed by atoms with E-state index in [0.29, 0.717) is 6.61 Å². The van der Waals surface area contributed by atoms with Crippen molar-refractivity contribution in [3.8, 4) is 6.07 Å². The van der Waals surface area contributed by atoms with E-state index < -0.39 is 11.9 Å². The number of carbonyl (C=O) groups is 2. The van der Waals surface area contributed by atoms with E-state index in [4.69, 9.17) is 10.4 Å². The molecule has 5 nitrogen and oxygen atoms in total. The van der Waals surface area contributed by atoms with Gasteiger partial charge in [0.15, 0.2) is 0 Å². The predicted molar refractivity (Wildman–Crippen MR) is 58.5 cm³/mol. The van der Waals surface area contributed by atoms with Gasteiger partial charge in [-0.05, 0) is 6.42 Å². The van der Waals surface area contributed by atoms with Crippen LogP contribution in [0.1, 0.15) is 19.8 Å². The fraction of sp³-hybridized carbons (Fsp3) is 0.364. The lowest BCUT2D eigenvalue weighted by molar-refractivity contribution is -0.138. The zero-order valence-electron chi connectivity index (χ0n) is 9.23. The van der Waals surface area contributed by atoms with Crippen molar-refractivity contribution in [3.63, 3.8) is 0 Å². The maximum atomic E-state index is 10.7. The molecule has 1 N–H and O–H groups in total. The van der Waals surface area contributed by atoms with E-state index in [2.05, 4.69) is 17.9 Å². The first-order chi connectivity index (χ1) is 7.49. The molecule has 0 aliphatic heterocycles. The van der Waals surface area contributed by atoms with Crippen molar-refractivity contribution in [1.29, 1.82) is 5.26 Å². The molecular formula is C11H15NO4. The largest absolute Gasteiger partial charge is 0.478 e. The van der Waals surface area contributed by atoms with Crippen molar-refractivity contribution in [2.75, 3.05) is 6.61 Å². The maximum Gasteiger partial charge on any atom is 0.348 e. The molecule has 0 radical (unpaired) electrons. The van der Waals surface area contributed by atoms with E-state index in [-0.39, 0.29) is 5.57 Å². The van der Waals surface area contributed by atoms with Crippen LogP contribution in [0.4, 0.5) is 0 Å². The van der Waals surface area contributed by atoms with E-state index in [0.717, 1.165) is 18.9 Å². The minimum atomic E-state index is -0.981. The van der Waals surface area contributed by atoms with Crippen molar-refractivity contribution in [2.24, 2.45) is 0 Å². The topological polar surface area (TPSA) is 87.4 Å². The lowest BCUT2D eigenvalue weighted by atomic mass is 10.3. The molecule has 0 atom stereocenters. The summed E-state index contributed by atoms with van der Waals surface area (Å²) in [6.07, 6.45) is 2.62. The third-order valence-electron chi connectivity index (χ3n) is 1.29. The smallest absolute Gasteiger partial charge is 0.348 e. The van der Waals surface area contributed by atoms with Crippen LogP contribution in [-0.4, -0.2) is 23.7 Å². The molecule has 0 aromatic carbocycles. The van der Waals surface area contributed by atoms with Gasteiger partial charge in [0.05, 0.1) is 6.61 Å². The molecule has 0 spiro atoms. The molecule has 0 aliphatic carbocycles. The van der Waals surface area contributed by atoms with Crippen molar-refractivity contribution < 1.29 is 19.4 Å². The normalized spacial score (nSPS) is 7.75. The van der Waals surface area contributed by atoms with Crippen molar-refractivity contribution in [3.05, 3.63) is 24.8 Å². The van der Waals surface area contributed by atoms with Crippen LogP contribution in [0.3, 0.4) is 0 Å². The number of ether oxygens (including phenoxy) is 1. The Balaban J connectivity index is 0. The highest BCUT2D eigenvalue weighted by Crippen LogP contribution is 1.94. The van der Waals surface area contributed by atoms with E-state index in [9.17, 15) is 9.59 Å². The molecule has 0 unspecified atom stereocenters. The van der Waals surface area contributed by atoms with Gasteiger partial charge in [-0.25, -0.2) is 9.59 Å². The van der Waals surface area contributed by atoms with E-state index in [1.54, 1.807) is 6.07 Å². The van der Waals surface area contributed by atoms with Crippen LogP contribution in [0.25, 0.3) is 0 Å². The van der Waals surface area contributed by atoms with Gasteiger partial charge in [0, 0.05) is 6.08 Å². The second-order valence-electron chi connectivity index (χ2n) is 2.62. The molecule has 0 amide bonds. The summed E-state index contributed by atoms with van der Waals surface area (Å²) < 4.78 is 4.67. The van der Waals surface area contributed by atoms with Gasteiger partial charge in [-0.1, -0.05) is 26.5 Å². The predicted octanol–water partition coefficient (Wildman–Crippen LogP) is 1.67. The summed E-state index contributed by atoms with van der Waals surface area (Å²) in [4.78, 5) is 20.0. The Kier molecular flexibility index (Phi) is 11.2. The Labute approximate surface area is 94.6 Å². The maximum absolute atomic E-state index is 10.7. The average molecular weight is 225 g/mol. The van der Waals surface area contributed by atoms with Crippen molar-refractivity contribution in [2.45, 2.75) is 19.8 Å². The molecule has 0 bridgehead atoms. The van der Waals surface area contributed by atoms with Gasteiger partial charge in [0.25, 0.3) is 0 Å². The number of hydrogen-bond donors (Lipinski definition) is 1. The Morgan fingerprint density at radius 3 is 2.38 bits per heavy atom. The monoisotopic (exact) mass is 225 g/mol. The zero-order chi connectivity index (χ0) is 13.0. The summed E-state index contributed by atoms with van der Waals surface area (Å²) in [6.45, 7) is 8.54. The molecule has 0 heterocycles. The van der Waals surface area contributed by atoms with Gasteiger partial charge in [-0.3, -0.25) is 0 Å².